The smallest absolute Gasteiger partial charge is 0.253 e. The van der Waals surface area contributed by atoms with Crippen LogP contribution in [-0.4, -0.2) is 22.9 Å². The Kier molecular flexibility index (Phi) is 4.47. The van der Waals surface area contributed by atoms with Crippen LogP contribution in [0, 0.1) is 5.82 Å². The first-order valence-corrected chi connectivity index (χ1v) is 6.21. The monoisotopic (exact) mass is 294 g/mol. The van der Waals surface area contributed by atoms with Crippen molar-refractivity contribution >= 4 is 23.2 Å². The molecule has 0 bridgehead atoms. The van der Waals surface area contributed by atoms with Crippen molar-refractivity contribution in [3.05, 3.63) is 52.8 Å². The van der Waals surface area contributed by atoms with Crippen molar-refractivity contribution in [2.75, 3.05) is 12.4 Å². The summed E-state index contributed by atoms with van der Waals surface area (Å²) in [6.07, 6.45) is 1.01. The summed E-state index contributed by atoms with van der Waals surface area (Å²) in [5.74, 6) is -0.784. The van der Waals surface area contributed by atoms with Crippen molar-refractivity contribution in [1.82, 2.24) is 15.3 Å². The first-order chi connectivity index (χ1) is 9.61. The van der Waals surface area contributed by atoms with Gasteiger partial charge in [-0.25, -0.2) is 14.4 Å². The van der Waals surface area contributed by atoms with Crippen molar-refractivity contribution in [2.24, 2.45) is 0 Å². The van der Waals surface area contributed by atoms with Gasteiger partial charge in [0.2, 0.25) is 5.28 Å². The highest BCUT2D eigenvalue weighted by molar-refractivity contribution is 6.28. The molecule has 0 radical (unpaired) electrons. The van der Waals surface area contributed by atoms with Crippen molar-refractivity contribution in [2.45, 2.75) is 6.54 Å². The molecular formula is C13H12ClFN4O. The van der Waals surface area contributed by atoms with E-state index in [2.05, 4.69) is 20.6 Å². The molecule has 0 unspecified atom stereocenters. The number of para-hydroxylation sites is 1. The van der Waals surface area contributed by atoms with Crippen LogP contribution in [0.5, 0.6) is 0 Å². The molecule has 7 heteroatoms. The van der Waals surface area contributed by atoms with Crippen LogP contribution in [0.1, 0.15) is 16.1 Å². The van der Waals surface area contributed by atoms with E-state index >= 15 is 0 Å². The van der Waals surface area contributed by atoms with E-state index < -0.39 is 5.82 Å². The molecule has 1 heterocycles. The van der Waals surface area contributed by atoms with E-state index in [0.717, 1.165) is 6.20 Å². The quantitative estimate of drug-likeness (QED) is 0.849. The lowest BCUT2D eigenvalue weighted by molar-refractivity contribution is 0.0964. The second-order valence-electron chi connectivity index (χ2n) is 3.91. The molecule has 2 rings (SSSR count). The minimum absolute atomic E-state index is 0.0252. The molecule has 0 spiro atoms. The molecule has 1 aromatic carbocycles. The molecule has 1 amide bonds. The van der Waals surface area contributed by atoms with E-state index in [-0.39, 0.29) is 23.4 Å². The van der Waals surface area contributed by atoms with E-state index in [1.165, 1.54) is 0 Å². The third-order valence-corrected chi connectivity index (χ3v) is 2.81. The van der Waals surface area contributed by atoms with Crippen molar-refractivity contribution in [1.29, 1.82) is 0 Å². The maximum absolute atomic E-state index is 13.5. The zero-order valence-corrected chi connectivity index (χ0v) is 11.4. The molecule has 0 aliphatic rings. The van der Waals surface area contributed by atoms with Crippen molar-refractivity contribution < 1.29 is 9.18 Å². The maximum Gasteiger partial charge on any atom is 0.253 e. The normalized spacial score (nSPS) is 10.2. The molecule has 2 aromatic rings. The van der Waals surface area contributed by atoms with Gasteiger partial charge in [-0.15, -0.1) is 0 Å². The molecule has 1 aromatic heterocycles. The van der Waals surface area contributed by atoms with Gasteiger partial charge in [0.15, 0.2) is 5.82 Å². The second-order valence-corrected chi connectivity index (χ2v) is 4.25. The summed E-state index contributed by atoms with van der Waals surface area (Å²) in [6, 6.07) is 6.92. The van der Waals surface area contributed by atoms with Gasteiger partial charge in [-0.1, -0.05) is 12.1 Å². The number of hydrogen-bond acceptors (Lipinski definition) is 4. The molecule has 0 fully saturated rings. The molecule has 5 nitrogen and oxygen atoms in total. The number of hydrogen-bond donors (Lipinski definition) is 2. The Bertz CT molecular complexity index is 636. The van der Waals surface area contributed by atoms with Crippen LogP contribution in [-0.2, 0) is 6.54 Å². The number of halogens is 2. The lowest BCUT2D eigenvalue weighted by Gasteiger charge is -2.11. The third kappa shape index (κ3) is 3.21. The highest BCUT2D eigenvalue weighted by atomic mass is 35.5. The summed E-state index contributed by atoms with van der Waals surface area (Å²) in [5.41, 5.74) is 1.19. The molecule has 20 heavy (non-hydrogen) atoms. The van der Waals surface area contributed by atoms with Gasteiger partial charge >= 0.3 is 0 Å². The molecule has 0 aliphatic carbocycles. The second kappa shape index (κ2) is 6.29. The van der Waals surface area contributed by atoms with Crippen LogP contribution in [0.2, 0.25) is 5.28 Å². The summed E-state index contributed by atoms with van der Waals surface area (Å²) in [7, 11) is 1.54. The fraction of sp³-hybridized carbons (Fsp3) is 0.154. The first kappa shape index (κ1) is 14.2. The average Bonchev–Trinajstić information content (AvgIpc) is 2.47. The van der Waals surface area contributed by atoms with E-state index in [1.54, 1.807) is 31.3 Å². The van der Waals surface area contributed by atoms with Gasteiger partial charge in [-0.2, -0.15) is 0 Å². The standard InChI is InChI=1S/C13H12ClFN4O/c1-16-12(20)8-4-2-3-5-10(8)17-7-11-9(15)6-18-13(14)19-11/h2-6,17H,7H2,1H3,(H,16,20). The summed E-state index contributed by atoms with van der Waals surface area (Å²) in [5, 5.41) is 5.48. The Labute approximate surface area is 120 Å². The molecular weight excluding hydrogens is 283 g/mol. The van der Waals surface area contributed by atoms with E-state index in [4.69, 9.17) is 11.6 Å². The largest absolute Gasteiger partial charge is 0.379 e. The molecule has 2 N–H and O–H groups in total. The van der Waals surface area contributed by atoms with Crippen LogP contribution in [0.4, 0.5) is 10.1 Å². The SMILES string of the molecule is CNC(=O)c1ccccc1NCc1nc(Cl)ncc1F. The minimum Gasteiger partial charge on any atom is -0.379 e. The zero-order chi connectivity index (χ0) is 14.5. The molecule has 0 aliphatic heterocycles. The van der Waals surface area contributed by atoms with Gasteiger partial charge in [0.05, 0.1) is 18.3 Å². The number of aromatic nitrogens is 2. The summed E-state index contributed by atoms with van der Waals surface area (Å²) in [6.45, 7) is 0.0993. The Morgan fingerprint density at radius 3 is 2.90 bits per heavy atom. The van der Waals surface area contributed by atoms with Gasteiger partial charge in [0, 0.05) is 12.7 Å². The van der Waals surface area contributed by atoms with Gasteiger partial charge in [-0.3, -0.25) is 4.79 Å². The Morgan fingerprint density at radius 1 is 1.40 bits per heavy atom. The number of carbonyl (C=O) groups is 1. The van der Waals surface area contributed by atoms with Crippen LogP contribution >= 0.6 is 11.6 Å². The Hall–Kier alpha value is -2.21. The van der Waals surface area contributed by atoms with Crippen LogP contribution < -0.4 is 10.6 Å². The van der Waals surface area contributed by atoms with Gasteiger partial charge in [-0.05, 0) is 23.7 Å². The number of benzene rings is 1. The number of rotatable bonds is 4. The Balaban J connectivity index is 2.19. The first-order valence-electron chi connectivity index (χ1n) is 5.83. The molecule has 104 valence electrons. The van der Waals surface area contributed by atoms with E-state index in [1.807, 2.05) is 0 Å². The fourth-order valence-electron chi connectivity index (χ4n) is 1.65. The zero-order valence-electron chi connectivity index (χ0n) is 10.7. The number of carbonyl (C=O) groups excluding carboxylic acids is 1. The third-order valence-electron chi connectivity index (χ3n) is 2.63. The van der Waals surface area contributed by atoms with Crippen LogP contribution in [0.15, 0.2) is 30.5 Å². The van der Waals surface area contributed by atoms with E-state index in [9.17, 15) is 9.18 Å². The predicted octanol–water partition coefficient (Wildman–Crippen LogP) is 2.24. The van der Waals surface area contributed by atoms with Gasteiger partial charge in [0.25, 0.3) is 5.91 Å². The Morgan fingerprint density at radius 2 is 2.15 bits per heavy atom. The summed E-state index contributed by atoms with van der Waals surface area (Å²) >= 11 is 5.62. The lowest BCUT2D eigenvalue weighted by atomic mass is 10.1. The number of nitrogens with zero attached hydrogens (tertiary/aromatic N) is 2. The van der Waals surface area contributed by atoms with Gasteiger partial charge < -0.3 is 10.6 Å². The number of anilines is 1. The highest BCUT2D eigenvalue weighted by Gasteiger charge is 2.10. The average molecular weight is 295 g/mol. The van der Waals surface area contributed by atoms with E-state index in [0.29, 0.717) is 11.3 Å². The maximum atomic E-state index is 13.5. The van der Waals surface area contributed by atoms with Crippen molar-refractivity contribution in [3.8, 4) is 0 Å². The molecule has 0 saturated heterocycles. The molecule has 0 atom stereocenters. The highest BCUT2D eigenvalue weighted by Crippen LogP contribution is 2.16. The van der Waals surface area contributed by atoms with Crippen LogP contribution in [0.3, 0.4) is 0 Å². The number of nitrogens with one attached hydrogen (secondary N) is 2. The fourth-order valence-corrected chi connectivity index (χ4v) is 1.80. The summed E-state index contributed by atoms with van der Waals surface area (Å²) < 4.78 is 13.5. The lowest BCUT2D eigenvalue weighted by Crippen LogP contribution is -2.19. The molecule has 0 saturated carbocycles. The summed E-state index contributed by atoms with van der Waals surface area (Å²) in [4.78, 5) is 19.0. The minimum atomic E-state index is -0.556. The predicted molar refractivity (Wildman–Crippen MR) is 74.2 cm³/mol. The number of amides is 1. The van der Waals surface area contributed by atoms with Crippen LogP contribution in [0.25, 0.3) is 0 Å². The topological polar surface area (TPSA) is 66.9 Å². The van der Waals surface area contributed by atoms with Crippen molar-refractivity contribution in [3.63, 3.8) is 0 Å². The van der Waals surface area contributed by atoms with Gasteiger partial charge in [0.1, 0.15) is 5.69 Å².